The first-order valence-electron chi connectivity index (χ1n) is 5.45. The molecule has 0 bridgehead atoms. The summed E-state index contributed by atoms with van der Waals surface area (Å²) in [4.78, 5) is 0. The van der Waals surface area contributed by atoms with E-state index in [4.69, 9.17) is 10.5 Å². The van der Waals surface area contributed by atoms with E-state index >= 15 is 0 Å². The normalized spacial score (nSPS) is 14.4. The van der Waals surface area contributed by atoms with Gasteiger partial charge in [0.05, 0.1) is 0 Å². The van der Waals surface area contributed by atoms with Crippen molar-refractivity contribution in [2.24, 2.45) is 0 Å². The summed E-state index contributed by atoms with van der Waals surface area (Å²) in [6, 6.07) is 11.9. The topological polar surface area (TPSA) is 47.6 Å². The van der Waals surface area contributed by atoms with E-state index in [2.05, 4.69) is 12.1 Å². The Morgan fingerprint density at radius 1 is 1.12 bits per heavy atom. The van der Waals surface area contributed by atoms with Gasteiger partial charge in [0.15, 0.2) is 0 Å². The number of rotatable bonds is 2. The van der Waals surface area contributed by atoms with Crippen LogP contribution in [0.25, 0.3) is 6.08 Å². The first kappa shape index (κ1) is 10.5. The molecule has 0 radical (unpaired) electrons. The van der Waals surface area contributed by atoms with Gasteiger partial charge in [-0.3, -0.25) is 0 Å². The summed E-state index contributed by atoms with van der Waals surface area (Å²) in [6.07, 6.45) is 5.53. The molecule has 2 heteroatoms. The molecule has 1 aliphatic rings. The number of nitriles is 2. The second-order valence-electron chi connectivity index (χ2n) is 4.08. The fourth-order valence-corrected chi connectivity index (χ4v) is 1.86. The summed E-state index contributed by atoms with van der Waals surface area (Å²) in [5.41, 5.74) is 2.44. The molecule has 0 atom stereocenters. The average molecular weight is 208 g/mol. The van der Waals surface area contributed by atoms with Crippen molar-refractivity contribution in [2.75, 3.05) is 0 Å². The molecule has 1 saturated carbocycles. The predicted octanol–water partition coefficient (Wildman–Crippen LogP) is 3.38. The van der Waals surface area contributed by atoms with Crippen LogP contribution in [0.15, 0.2) is 29.8 Å². The highest BCUT2D eigenvalue weighted by molar-refractivity contribution is 5.62. The van der Waals surface area contributed by atoms with Crippen molar-refractivity contribution in [2.45, 2.75) is 25.2 Å². The van der Waals surface area contributed by atoms with E-state index in [0.717, 1.165) is 11.5 Å². The zero-order valence-corrected chi connectivity index (χ0v) is 8.98. The molecular weight excluding hydrogens is 196 g/mol. The van der Waals surface area contributed by atoms with Gasteiger partial charge in [-0.1, -0.05) is 30.7 Å². The maximum atomic E-state index is 8.64. The second kappa shape index (κ2) is 4.64. The molecule has 1 aliphatic carbocycles. The average Bonchev–Trinajstić information content (AvgIpc) is 2.26. The Labute approximate surface area is 95.4 Å². The summed E-state index contributed by atoms with van der Waals surface area (Å²) in [5.74, 6) is 0.726. The van der Waals surface area contributed by atoms with Crippen LogP contribution in [0.1, 0.15) is 36.3 Å². The molecule has 0 aromatic heterocycles. The maximum absolute atomic E-state index is 8.64. The lowest BCUT2D eigenvalue weighted by Gasteiger charge is -2.25. The van der Waals surface area contributed by atoms with Crippen molar-refractivity contribution < 1.29 is 0 Å². The van der Waals surface area contributed by atoms with Crippen molar-refractivity contribution in [1.82, 2.24) is 0 Å². The van der Waals surface area contributed by atoms with Crippen LogP contribution >= 0.6 is 0 Å². The van der Waals surface area contributed by atoms with Crippen LogP contribution in [-0.4, -0.2) is 0 Å². The van der Waals surface area contributed by atoms with Crippen LogP contribution in [0.5, 0.6) is 0 Å². The summed E-state index contributed by atoms with van der Waals surface area (Å²) < 4.78 is 0. The van der Waals surface area contributed by atoms with Crippen molar-refractivity contribution in [3.8, 4) is 12.1 Å². The highest BCUT2D eigenvalue weighted by atomic mass is 14.3. The van der Waals surface area contributed by atoms with E-state index in [-0.39, 0.29) is 5.57 Å². The Hall–Kier alpha value is -2.06. The van der Waals surface area contributed by atoms with E-state index in [1.165, 1.54) is 24.8 Å². The molecule has 78 valence electrons. The first-order valence-corrected chi connectivity index (χ1v) is 5.45. The third-order valence-electron chi connectivity index (χ3n) is 3.06. The highest BCUT2D eigenvalue weighted by Gasteiger charge is 2.18. The lowest BCUT2D eigenvalue weighted by Crippen LogP contribution is -2.08. The Morgan fingerprint density at radius 2 is 1.75 bits per heavy atom. The third kappa shape index (κ3) is 2.12. The minimum atomic E-state index is 0.149. The number of benzene rings is 1. The van der Waals surface area contributed by atoms with Gasteiger partial charge in [-0.15, -0.1) is 0 Å². The Balaban J connectivity index is 2.17. The lowest BCUT2D eigenvalue weighted by molar-refractivity contribution is 0.420. The van der Waals surface area contributed by atoms with E-state index in [1.54, 1.807) is 6.08 Å². The maximum Gasteiger partial charge on any atom is 0.130 e. The zero-order chi connectivity index (χ0) is 11.4. The van der Waals surface area contributed by atoms with Gasteiger partial charge in [0.2, 0.25) is 0 Å². The molecule has 0 heterocycles. The minimum Gasteiger partial charge on any atom is -0.192 e. The predicted molar refractivity (Wildman–Crippen MR) is 62.2 cm³/mol. The molecule has 0 spiro atoms. The lowest BCUT2D eigenvalue weighted by atomic mass is 9.80. The molecule has 2 rings (SSSR count). The highest BCUT2D eigenvalue weighted by Crippen LogP contribution is 2.36. The van der Waals surface area contributed by atoms with Gasteiger partial charge in [0, 0.05) is 0 Å². The molecule has 1 aromatic rings. The quantitative estimate of drug-likeness (QED) is 0.699. The smallest absolute Gasteiger partial charge is 0.130 e. The Kier molecular flexibility index (Phi) is 3.03. The molecule has 0 saturated heterocycles. The molecule has 1 fully saturated rings. The molecule has 0 unspecified atom stereocenters. The van der Waals surface area contributed by atoms with Crippen LogP contribution in [0, 0.1) is 22.7 Å². The standard InChI is InChI=1S/C14H12N2/c15-9-12(10-16)8-11-4-6-14(7-5-11)13-2-1-3-13/h4-8,13H,1-3H2. The zero-order valence-electron chi connectivity index (χ0n) is 8.98. The van der Waals surface area contributed by atoms with Crippen LogP contribution < -0.4 is 0 Å². The monoisotopic (exact) mass is 208 g/mol. The Bertz CT molecular complexity index is 463. The van der Waals surface area contributed by atoms with Gasteiger partial charge in [0.25, 0.3) is 0 Å². The molecular formula is C14H12N2. The minimum absolute atomic E-state index is 0.149. The third-order valence-corrected chi connectivity index (χ3v) is 3.06. The van der Waals surface area contributed by atoms with Gasteiger partial charge in [-0.2, -0.15) is 10.5 Å². The number of hydrogen-bond donors (Lipinski definition) is 0. The molecule has 2 nitrogen and oxygen atoms in total. The van der Waals surface area contributed by atoms with E-state index in [1.807, 2.05) is 24.3 Å². The summed E-state index contributed by atoms with van der Waals surface area (Å²) >= 11 is 0. The van der Waals surface area contributed by atoms with Gasteiger partial charge in [-0.05, 0) is 36.0 Å². The van der Waals surface area contributed by atoms with Crippen LogP contribution in [0.3, 0.4) is 0 Å². The van der Waals surface area contributed by atoms with Gasteiger partial charge in [-0.25, -0.2) is 0 Å². The molecule has 0 aliphatic heterocycles. The van der Waals surface area contributed by atoms with Crippen molar-refractivity contribution >= 4 is 6.08 Å². The van der Waals surface area contributed by atoms with E-state index in [0.29, 0.717) is 0 Å². The summed E-state index contributed by atoms with van der Waals surface area (Å²) in [6.45, 7) is 0. The van der Waals surface area contributed by atoms with E-state index in [9.17, 15) is 0 Å². The van der Waals surface area contributed by atoms with Crippen molar-refractivity contribution in [1.29, 1.82) is 10.5 Å². The Morgan fingerprint density at radius 3 is 2.19 bits per heavy atom. The van der Waals surface area contributed by atoms with Crippen LogP contribution in [-0.2, 0) is 0 Å². The summed E-state index contributed by atoms with van der Waals surface area (Å²) in [5, 5.41) is 17.3. The molecule has 0 N–H and O–H groups in total. The van der Waals surface area contributed by atoms with Crippen LogP contribution in [0.2, 0.25) is 0 Å². The van der Waals surface area contributed by atoms with Crippen molar-refractivity contribution in [3.63, 3.8) is 0 Å². The van der Waals surface area contributed by atoms with Crippen LogP contribution in [0.4, 0.5) is 0 Å². The van der Waals surface area contributed by atoms with E-state index < -0.39 is 0 Å². The van der Waals surface area contributed by atoms with Gasteiger partial charge < -0.3 is 0 Å². The molecule has 16 heavy (non-hydrogen) atoms. The second-order valence-corrected chi connectivity index (χ2v) is 4.08. The number of nitrogens with zero attached hydrogens (tertiary/aromatic N) is 2. The van der Waals surface area contributed by atoms with Gasteiger partial charge >= 0.3 is 0 Å². The fourth-order valence-electron chi connectivity index (χ4n) is 1.86. The SMILES string of the molecule is N#CC(C#N)=Cc1ccc(C2CCC2)cc1. The summed E-state index contributed by atoms with van der Waals surface area (Å²) in [7, 11) is 0. The first-order chi connectivity index (χ1) is 7.83. The van der Waals surface area contributed by atoms with Crippen molar-refractivity contribution in [3.05, 3.63) is 41.0 Å². The van der Waals surface area contributed by atoms with Gasteiger partial charge in [0.1, 0.15) is 17.7 Å². The molecule has 0 amide bonds. The largest absolute Gasteiger partial charge is 0.192 e. The number of allylic oxidation sites excluding steroid dienone is 1. The molecule has 1 aromatic carbocycles. The number of hydrogen-bond acceptors (Lipinski definition) is 2. The fraction of sp³-hybridized carbons (Fsp3) is 0.286.